The van der Waals surface area contributed by atoms with Gasteiger partial charge in [0.15, 0.2) is 11.6 Å². The fourth-order valence-corrected chi connectivity index (χ4v) is 5.69. The molecule has 1 N–H and O–H groups in total. The number of thiophene rings is 1. The second-order valence-electron chi connectivity index (χ2n) is 9.96. The van der Waals surface area contributed by atoms with Crippen molar-refractivity contribution in [2.45, 2.75) is 25.8 Å². The molecule has 5 rings (SSSR count). The number of nitrogens with one attached hydrogen (secondary N) is 1. The Morgan fingerprint density at radius 1 is 0.857 bits per heavy atom. The van der Waals surface area contributed by atoms with E-state index in [1.165, 1.54) is 23.5 Å². The van der Waals surface area contributed by atoms with Crippen molar-refractivity contribution >= 4 is 33.1 Å². The zero-order valence-corrected chi connectivity index (χ0v) is 24.1. The molecular weight excluding hydrogens is 551 g/mol. The molecule has 0 spiro atoms. The van der Waals surface area contributed by atoms with Crippen molar-refractivity contribution in [1.82, 2.24) is 10.3 Å². The predicted molar refractivity (Wildman–Crippen MR) is 164 cm³/mol. The number of hydrogen-bond acceptors (Lipinski definition) is 7. The minimum atomic E-state index is -0.577. The monoisotopic (exact) mass is 582 g/mol. The molecule has 0 saturated carbocycles. The first-order chi connectivity index (χ1) is 20.5. The third-order valence-corrected chi connectivity index (χ3v) is 7.84. The van der Waals surface area contributed by atoms with Gasteiger partial charge in [0.1, 0.15) is 17.3 Å². The maximum atomic E-state index is 15.1. The Morgan fingerprint density at radius 3 is 2.43 bits per heavy atom. The number of aromatic nitrogens is 1. The summed E-state index contributed by atoms with van der Waals surface area (Å²) in [6.07, 6.45) is 1.64. The number of ether oxygens (including phenoxy) is 2. The Balaban J connectivity index is 1.25. The number of pyridine rings is 1. The molecule has 0 atom stereocenters. The normalized spacial score (nSPS) is 11.1. The molecule has 3 aromatic carbocycles. The fraction of sp³-hybridized carbons (Fsp3) is 0.206. The van der Waals surface area contributed by atoms with Gasteiger partial charge in [0.05, 0.1) is 23.2 Å². The highest BCUT2D eigenvalue weighted by molar-refractivity contribution is 7.22. The van der Waals surface area contributed by atoms with Crippen molar-refractivity contribution in [1.29, 1.82) is 0 Å². The standard InChI is InChI=1S/C34H31FN2O4S/c1-40-15-14-36-22-25-8-5-9-26(16-25)33-21-30-34(42-33)32(12-13-37-30)41-31-11-10-24(19-29(31)35)18-28(39)20-27(38)17-23-6-3-2-4-7-23/h2-13,16,19,21,36H,14-15,17-18,20,22H2,1H3. The molecule has 2 aromatic heterocycles. The van der Waals surface area contributed by atoms with E-state index in [-0.39, 0.29) is 36.6 Å². The van der Waals surface area contributed by atoms with Crippen LogP contribution in [-0.4, -0.2) is 36.8 Å². The average Bonchev–Trinajstić information content (AvgIpc) is 3.43. The molecule has 6 nitrogen and oxygen atoms in total. The number of fused-ring (bicyclic) bond motifs is 1. The van der Waals surface area contributed by atoms with E-state index in [0.717, 1.165) is 44.9 Å². The lowest BCUT2D eigenvalue weighted by Crippen LogP contribution is -2.18. The number of methoxy groups -OCH3 is 1. The van der Waals surface area contributed by atoms with Crippen LogP contribution >= 0.6 is 11.3 Å². The fourth-order valence-electron chi connectivity index (χ4n) is 4.63. The highest BCUT2D eigenvalue weighted by Gasteiger charge is 2.16. The first-order valence-electron chi connectivity index (χ1n) is 13.7. The number of Topliss-reactive ketones (excluding diaryl/α,β-unsaturated/α-hetero) is 2. The summed E-state index contributed by atoms with van der Waals surface area (Å²) in [4.78, 5) is 30.3. The number of benzene rings is 3. The maximum Gasteiger partial charge on any atom is 0.166 e. The molecule has 0 aliphatic rings. The van der Waals surface area contributed by atoms with Crippen LogP contribution in [0, 0.1) is 5.82 Å². The second kappa shape index (κ2) is 14.1. The van der Waals surface area contributed by atoms with E-state index in [2.05, 4.69) is 28.5 Å². The molecule has 0 bridgehead atoms. The van der Waals surface area contributed by atoms with Crippen LogP contribution in [-0.2, 0) is 33.7 Å². The predicted octanol–water partition coefficient (Wildman–Crippen LogP) is 6.94. The Labute approximate surface area is 248 Å². The average molecular weight is 583 g/mol. The zero-order chi connectivity index (χ0) is 29.3. The van der Waals surface area contributed by atoms with Gasteiger partial charge in [0, 0.05) is 50.2 Å². The van der Waals surface area contributed by atoms with E-state index >= 15 is 4.39 Å². The molecule has 0 unspecified atom stereocenters. The van der Waals surface area contributed by atoms with Crippen LogP contribution in [0.15, 0.2) is 91.1 Å². The molecule has 0 fully saturated rings. The minimum absolute atomic E-state index is 0.0213. The topological polar surface area (TPSA) is 77.5 Å². The van der Waals surface area contributed by atoms with Crippen molar-refractivity contribution in [3.63, 3.8) is 0 Å². The largest absolute Gasteiger partial charge is 0.453 e. The third-order valence-electron chi connectivity index (χ3n) is 6.66. The third kappa shape index (κ3) is 7.73. The summed E-state index contributed by atoms with van der Waals surface area (Å²) in [7, 11) is 1.68. The molecule has 0 amide bonds. The van der Waals surface area contributed by atoms with Gasteiger partial charge in [-0.2, -0.15) is 0 Å². The number of rotatable bonds is 14. The molecule has 42 heavy (non-hydrogen) atoms. The van der Waals surface area contributed by atoms with Gasteiger partial charge < -0.3 is 14.8 Å². The van der Waals surface area contributed by atoms with E-state index in [9.17, 15) is 9.59 Å². The van der Waals surface area contributed by atoms with Gasteiger partial charge in [0.2, 0.25) is 0 Å². The summed E-state index contributed by atoms with van der Waals surface area (Å²) in [6.45, 7) is 2.16. The SMILES string of the molecule is COCCNCc1cccc(-c2cc3nccc(Oc4ccc(CC(=O)CC(=O)Cc5ccccc5)cc4F)c3s2)c1. The van der Waals surface area contributed by atoms with Crippen LogP contribution in [0.5, 0.6) is 11.5 Å². The van der Waals surface area contributed by atoms with E-state index in [1.54, 1.807) is 25.4 Å². The van der Waals surface area contributed by atoms with Crippen LogP contribution in [0.4, 0.5) is 4.39 Å². The van der Waals surface area contributed by atoms with Crippen molar-refractivity contribution in [3.05, 3.63) is 114 Å². The van der Waals surface area contributed by atoms with E-state index in [4.69, 9.17) is 9.47 Å². The molecule has 5 aromatic rings. The quantitative estimate of drug-likeness (QED) is 0.113. The number of carbonyl (C=O) groups is 2. The number of carbonyl (C=O) groups excluding carboxylic acids is 2. The lowest BCUT2D eigenvalue weighted by Gasteiger charge is -2.09. The molecule has 0 aliphatic heterocycles. The Kier molecular flexibility index (Phi) is 9.82. The minimum Gasteiger partial charge on any atom is -0.453 e. The Bertz CT molecular complexity index is 1690. The van der Waals surface area contributed by atoms with Gasteiger partial charge in [-0.05, 0) is 46.5 Å². The van der Waals surface area contributed by atoms with Crippen LogP contribution in [0.1, 0.15) is 23.1 Å². The van der Waals surface area contributed by atoms with Gasteiger partial charge in [-0.15, -0.1) is 11.3 Å². The highest BCUT2D eigenvalue weighted by atomic mass is 32.1. The molecule has 0 saturated heterocycles. The summed E-state index contributed by atoms with van der Waals surface area (Å²) < 4.78 is 27.0. The maximum absolute atomic E-state index is 15.1. The molecule has 2 heterocycles. The van der Waals surface area contributed by atoms with Crippen LogP contribution in [0.2, 0.25) is 0 Å². The molecular formula is C34H31FN2O4S. The van der Waals surface area contributed by atoms with Gasteiger partial charge in [0.25, 0.3) is 0 Å². The van der Waals surface area contributed by atoms with E-state index in [1.807, 2.05) is 42.5 Å². The van der Waals surface area contributed by atoms with Crippen molar-refractivity contribution in [2.24, 2.45) is 0 Å². The van der Waals surface area contributed by atoms with E-state index in [0.29, 0.717) is 17.9 Å². The van der Waals surface area contributed by atoms with Crippen LogP contribution < -0.4 is 10.1 Å². The van der Waals surface area contributed by atoms with Crippen molar-refractivity contribution in [3.8, 4) is 21.9 Å². The molecule has 0 aliphatic carbocycles. The summed E-state index contributed by atoms with van der Waals surface area (Å²) in [5.41, 5.74) is 4.35. The zero-order valence-electron chi connectivity index (χ0n) is 23.3. The molecule has 8 heteroatoms. The van der Waals surface area contributed by atoms with Crippen molar-refractivity contribution in [2.75, 3.05) is 20.3 Å². The number of halogens is 1. The second-order valence-corrected chi connectivity index (χ2v) is 11.0. The van der Waals surface area contributed by atoms with Gasteiger partial charge in [-0.3, -0.25) is 14.6 Å². The van der Waals surface area contributed by atoms with Crippen LogP contribution in [0.25, 0.3) is 20.7 Å². The summed E-state index contributed by atoms with van der Waals surface area (Å²) in [5.74, 6) is -0.429. The summed E-state index contributed by atoms with van der Waals surface area (Å²) in [5, 5.41) is 3.36. The first-order valence-corrected chi connectivity index (χ1v) is 14.5. The Morgan fingerprint density at radius 2 is 1.64 bits per heavy atom. The lowest BCUT2D eigenvalue weighted by atomic mass is 10.0. The van der Waals surface area contributed by atoms with Gasteiger partial charge in [-0.1, -0.05) is 54.6 Å². The molecule has 0 radical (unpaired) electrons. The number of nitrogens with zero attached hydrogens (tertiary/aromatic N) is 1. The smallest absolute Gasteiger partial charge is 0.166 e. The Hall–Kier alpha value is -4.24. The number of ketones is 2. The number of hydrogen-bond donors (Lipinski definition) is 1. The first kappa shape index (κ1) is 29.3. The van der Waals surface area contributed by atoms with Crippen molar-refractivity contribution < 1.29 is 23.5 Å². The van der Waals surface area contributed by atoms with Crippen LogP contribution in [0.3, 0.4) is 0 Å². The van der Waals surface area contributed by atoms with Gasteiger partial charge >= 0.3 is 0 Å². The summed E-state index contributed by atoms with van der Waals surface area (Å²) in [6, 6.07) is 25.8. The van der Waals surface area contributed by atoms with Gasteiger partial charge in [-0.25, -0.2) is 4.39 Å². The molecule has 214 valence electrons. The highest BCUT2D eigenvalue weighted by Crippen LogP contribution is 2.39. The van der Waals surface area contributed by atoms with E-state index < -0.39 is 5.82 Å². The lowest BCUT2D eigenvalue weighted by molar-refractivity contribution is -0.126. The summed E-state index contributed by atoms with van der Waals surface area (Å²) >= 11 is 1.53.